The van der Waals surface area contributed by atoms with Crippen LogP contribution in [0.3, 0.4) is 0 Å². The molecular formula is C25H28N2O3. The van der Waals surface area contributed by atoms with E-state index < -0.39 is 5.60 Å². The molecule has 0 aliphatic heterocycles. The van der Waals surface area contributed by atoms with E-state index in [0.717, 1.165) is 31.4 Å². The second-order valence-corrected chi connectivity index (χ2v) is 8.83. The predicted molar refractivity (Wildman–Crippen MR) is 118 cm³/mol. The van der Waals surface area contributed by atoms with Crippen molar-refractivity contribution in [3.8, 4) is 0 Å². The Kier molecular flexibility index (Phi) is 6.56. The van der Waals surface area contributed by atoms with Crippen molar-refractivity contribution in [1.29, 1.82) is 0 Å². The molecule has 1 unspecified atom stereocenters. The summed E-state index contributed by atoms with van der Waals surface area (Å²) in [5.41, 5.74) is 3.93. The summed E-state index contributed by atoms with van der Waals surface area (Å²) in [5, 5.41) is 2.94. The molecule has 0 bridgehead atoms. The Balaban J connectivity index is 1.56. The van der Waals surface area contributed by atoms with Crippen molar-refractivity contribution in [2.45, 2.75) is 58.5 Å². The zero-order chi connectivity index (χ0) is 21.7. The summed E-state index contributed by atoms with van der Waals surface area (Å²) in [6.07, 6.45) is 4.22. The smallest absolute Gasteiger partial charge is 0.306 e. The monoisotopic (exact) mass is 404 g/mol. The Morgan fingerprint density at radius 2 is 1.87 bits per heavy atom. The van der Waals surface area contributed by atoms with Crippen molar-refractivity contribution in [2.24, 2.45) is 5.92 Å². The summed E-state index contributed by atoms with van der Waals surface area (Å²) in [7, 11) is 0. The molecule has 1 aliphatic rings. The fourth-order valence-electron chi connectivity index (χ4n) is 3.76. The summed E-state index contributed by atoms with van der Waals surface area (Å²) in [4.78, 5) is 27.8. The number of nitrogens with zero attached hydrogens (tertiary/aromatic N) is 1. The lowest BCUT2D eigenvalue weighted by molar-refractivity contribution is -0.155. The van der Waals surface area contributed by atoms with Gasteiger partial charge in [0, 0.05) is 17.7 Å². The van der Waals surface area contributed by atoms with Gasteiger partial charge in [-0.2, -0.15) is 0 Å². The number of aryl methyl sites for hydroxylation is 1. The molecule has 1 atom stereocenters. The van der Waals surface area contributed by atoms with E-state index in [1.807, 2.05) is 32.9 Å². The molecule has 2 aromatic rings. The lowest BCUT2D eigenvalue weighted by Crippen LogP contribution is -2.24. The van der Waals surface area contributed by atoms with E-state index in [1.165, 1.54) is 11.1 Å². The van der Waals surface area contributed by atoms with Crippen molar-refractivity contribution in [3.05, 3.63) is 70.6 Å². The Bertz CT molecular complexity index is 965. The Morgan fingerprint density at radius 1 is 1.13 bits per heavy atom. The van der Waals surface area contributed by atoms with Crippen molar-refractivity contribution in [1.82, 2.24) is 0 Å². The van der Waals surface area contributed by atoms with Gasteiger partial charge in [-0.05, 0) is 75.6 Å². The summed E-state index contributed by atoms with van der Waals surface area (Å²) in [6.45, 7) is 12.7. The summed E-state index contributed by atoms with van der Waals surface area (Å²) in [5.74, 6) is 0.166. The Morgan fingerprint density at radius 3 is 2.53 bits per heavy atom. The van der Waals surface area contributed by atoms with Crippen molar-refractivity contribution < 1.29 is 14.3 Å². The van der Waals surface area contributed by atoms with E-state index in [2.05, 4.69) is 16.2 Å². The molecule has 0 aromatic heterocycles. The van der Waals surface area contributed by atoms with Gasteiger partial charge in [0.2, 0.25) is 0 Å². The Labute approximate surface area is 178 Å². The zero-order valence-corrected chi connectivity index (χ0v) is 17.8. The molecule has 156 valence electrons. The molecule has 1 amide bonds. The average molecular weight is 405 g/mol. The van der Waals surface area contributed by atoms with Crippen LogP contribution in [0.2, 0.25) is 0 Å². The molecule has 1 aliphatic carbocycles. The normalized spacial score (nSPS) is 15.6. The molecule has 0 saturated carbocycles. The number of hydrogen-bond donors (Lipinski definition) is 1. The molecule has 0 heterocycles. The van der Waals surface area contributed by atoms with Crippen LogP contribution < -0.4 is 5.32 Å². The lowest BCUT2D eigenvalue weighted by atomic mass is 9.81. The minimum absolute atomic E-state index is 0.129. The highest BCUT2D eigenvalue weighted by Crippen LogP contribution is 2.30. The lowest BCUT2D eigenvalue weighted by Gasteiger charge is -2.26. The van der Waals surface area contributed by atoms with Gasteiger partial charge in [0.1, 0.15) is 5.60 Å². The predicted octanol–water partition coefficient (Wildman–Crippen LogP) is 5.72. The Hall–Kier alpha value is -3.13. The molecule has 0 spiro atoms. The third-order valence-electron chi connectivity index (χ3n) is 5.23. The van der Waals surface area contributed by atoms with Gasteiger partial charge in [-0.3, -0.25) is 9.59 Å². The van der Waals surface area contributed by atoms with E-state index >= 15 is 0 Å². The second kappa shape index (κ2) is 9.13. The van der Waals surface area contributed by atoms with Gasteiger partial charge in [-0.25, -0.2) is 4.85 Å². The molecule has 2 aromatic carbocycles. The van der Waals surface area contributed by atoms with Crippen LogP contribution in [-0.2, 0) is 22.4 Å². The average Bonchev–Trinajstić information content (AvgIpc) is 2.71. The molecule has 0 radical (unpaired) electrons. The maximum atomic E-state index is 12.4. The van der Waals surface area contributed by atoms with Crippen molar-refractivity contribution >= 4 is 23.3 Å². The van der Waals surface area contributed by atoms with Crippen LogP contribution >= 0.6 is 0 Å². The number of benzene rings is 2. The van der Waals surface area contributed by atoms with Gasteiger partial charge in [0.15, 0.2) is 5.69 Å². The maximum absolute atomic E-state index is 12.4. The van der Waals surface area contributed by atoms with Gasteiger partial charge < -0.3 is 10.1 Å². The number of fused-ring (bicyclic) bond motifs is 1. The van der Waals surface area contributed by atoms with Gasteiger partial charge in [-0.15, -0.1) is 0 Å². The number of esters is 1. The number of carbonyl (C=O) groups excluding carboxylic acids is 2. The topological polar surface area (TPSA) is 59.8 Å². The maximum Gasteiger partial charge on any atom is 0.306 e. The first-order chi connectivity index (χ1) is 14.2. The molecule has 0 fully saturated rings. The fraction of sp³-hybridized carbons (Fsp3) is 0.400. The summed E-state index contributed by atoms with van der Waals surface area (Å²) < 4.78 is 5.41. The minimum atomic E-state index is -0.434. The fourth-order valence-corrected chi connectivity index (χ4v) is 3.76. The number of nitrogens with one attached hydrogen (secondary N) is 1. The number of rotatable bonds is 5. The van der Waals surface area contributed by atoms with Gasteiger partial charge in [0.05, 0.1) is 6.57 Å². The minimum Gasteiger partial charge on any atom is -0.460 e. The molecule has 3 rings (SSSR count). The van der Waals surface area contributed by atoms with E-state index in [-0.39, 0.29) is 11.9 Å². The summed E-state index contributed by atoms with van der Waals surface area (Å²) in [6, 6.07) is 12.7. The van der Waals surface area contributed by atoms with Crippen LogP contribution in [0.4, 0.5) is 11.4 Å². The van der Waals surface area contributed by atoms with E-state index in [4.69, 9.17) is 11.3 Å². The number of hydrogen-bond acceptors (Lipinski definition) is 3. The number of amides is 1. The molecule has 1 N–H and O–H groups in total. The highest BCUT2D eigenvalue weighted by Gasteiger charge is 2.22. The van der Waals surface area contributed by atoms with Gasteiger partial charge >= 0.3 is 5.97 Å². The van der Waals surface area contributed by atoms with Crippen molar-refractivity contribution in [2.75, 3.05) is 5.32 Å². The third kappa shape index (κ3) is 5.93. The molecular weight excluding hydrogens is 376 g/mol. The van der Waals surface area contributed by atoms with Crippen LogP contribution in [0.15, 0.2) is 42.5 Å². The van der Waals surface area contributed by atoms with E-state index in [1.54, 1.807) is 24.3 Å². The second-order valence-electron chi connectivity index (χ2n) is 8.83. The van der Waals surface area contributed by atoms with Crippen LogP contribution in [0.5, 0.6) is 0 Å². The molecule has 5 nitrogen and oxygen atoms in total. The summed E-state index contributed by atoms with van der Waals surface area (Å²) >= 11 is 0. The largest absolute Gasteiger partial charge is 0.460 e. The first-order valence-corrected chi connectivity index (χ1v) is 10.4. The first kappa shape index (κ1) is 21.6. The number of anilines is 1. The highest BCUT2D eigenvalue weighted by atomic mass is 16.6. The molecule has 0 saturated heterocycles. The molecule has 30 heavy (non-hydrogen) atoms. The van der Waals surface area contributed by atoms with Crippen molar-refractivity contribution in [3.63, 3.8) is 0 Å². The highest BCUT2D eigenvalue weighted by molar-refractivity contribution is 6.04. The third-order valence-corrected chi connectivity index (χ3v) is 5.23. The van der Waals surface area contributed by atoms with Gasteiger partial charge in [0.25, 0.3) is 5.91 Å². The molecule has 5 heteroatoms. The first-order valence-electron chi connectivity index (χ1n) is 10.4. The number of carbonyl (C=O) groups is 2. The quantitative estimate of drug-likeness (QED) is 0.512. The SMILES string of the molecule is [C-]#[N+]c1ccc(C(=O)Nc2ccc3c(c2)CCC(CCC(=O)OC(C)(C)C)C3)cc1. The standard InChI is InChI=1S/C25H28N2O3/c1-25(2,3)30-23(28)14-6-17-5-7-20-16-22(13-10-19(20)15-17)27-24(29)18-8-11-21(26-4)12-9-18/h8-13,16-17H,5-7,14-15H2,1-3H3,(H,27,29). The van der Waals surface area contributed by atoms with Crippen LogP contribution in [0, 0.1) is 12.5 Å². The van der Waals surface area contributed by atoms with Gasteiger partial charge in [-0.1, -0.05) is 30.3 Å². The number of ether oxygens (including phenoxy) is 1. The van der Waals surface area contributed by atoms with E-state index in [0.29, 0.717) is 23.6 Å². The van der Waals surface area contributed by atoms with Crippen LogP contribution in [-0.4, -0.2) is 17.5 Å². The zero-order valence-electron chi connectivity index (χ0n) is 17.8. The van der Waals surface area contributed by atoms with Crippen LogP contribution in [0.25, 0.3) is 4.85 Å². The van der Waals surface area contributed by atoms with E-state index in [9.17, 15) is 9.59 Å². The van der Waals surface area contributed by atoms with Crippen LogP contribution in [0.1, 0.15) is 61.5 Å².